The monoisotopic (exact) mass is 444 g/mol. The van der Waals surface area contributed by atoms with Crippen LogP contribution in [0.1, 0.15) is 15.9 Å². The van der Waals surface area contributed by atoms with E-state index in [0.717, 1.165) is 31.9 Å². The van der Waals surface area contributed by atoms with Crippen LogP contribution in [0.15, 0.2) is 75.7 Å². The van der Waals surface area contributed by atoms with Crippen molar-refractivity contribution in [3.8, 4) is 16.9 Å². The summed E-state index contributed by atoms with van der Waals surface area (Å²) in [4.78, 5) is 10.8. The van der Waals surface area contributed by atoms with Crippen molar-refractivity contribution in [2.75, 3.05) is 0 Å². The molecule has 24 heavy (non-hydrogen) atoms. The number of aldehydes is 1. The average Bonchev–Trinajstić information content (AvgIpc) is 2.62. The second-order valence-electron chi connectivity index (χ2n) is 5.24. The second-order valence-corrected chi connectivity index (χ2v) is 6.89. The third-order valence-corrected chi connectivity index (χ3v) is 5.19. The molecule has 0 N–H and O–H groups in total. The van der Waals surface area contributed by atoms with Crippen molar-refractivity contribution in [2.45, 2.75) is 6.61 Å². The Labute approximate surface area is 157 Å². The van der Waals surface area contributed by atoms with Gasteiger partial charge in [-0.05, 0) is 61.2 Å². The molecule has 120 valence electrons. The fourth-order valence-electron chi connectivity index (χ4n) is 2.39. The van der Waals surface area contributed by atoms with Gasteiger partial charge in [-0.15, -0.1) is 0 Å². The van der Waals surface area contributed by atoms with Gasteiger partial charge in [0.15, 0.2) is 0 Å². The maximum absolute atomic E-state index is 10.8. The van der Waals surface area contributed by atoms with E-state index in [1.807, 2.05) is 30.3 Å². The third kappa shape index (κ3) is 3.77. The highest BCUT2D eigenvalue weighted by molar-refractivity contribution is 9.11. The quantitative estimate of drug-likeness (QED) is 0.432. The number of ether oxygens (including phenoxy) is 1. The van der Waals surface area contributed by atoms with E-state index in [0.29, 0.717) is 17.9 Å². The lowest BCUT2D eigenvalue weighted by Gasteiger charge is -2.12. The minimum absolute atomic E-state index is 0.431. The maximum atomic E-state index is 10.8. The number of hydrogen-bond donors (Lipinski definition) is 0. The number of halogens is 2. The largest absolute Gasteiger partial charge is 0.488 e. The van der Waals surface area contributed by atoms with Gasteiger partial charge in [0.2, 0.25) is 0 Å². The highest BCUT2D eigenvalue weighted by Crippen LogP contribution is 2.32. The van der Waals surface area contributed by atoms with Gasteiger partial charge in [-0.3, -0.25) is 4.79 Å². The van der Waals surface area contributed by atoms with Gasteiger partial charge in [-0.25, -0.2) is 0 Å². The minimum Gasteiger partial charge on any atom is -0.488 e. The number of rotatable bonds is 5. The molecular weight excluding hydrogens is 432 g/mol. The summed E-state index contributed by atoms with van der Waals surface area (Å²) >= 11 is 7.13. The van der Waals surface area contributed by atoms with E-state index in [2.05, 4.69) is 50.1 Å². The first-order valence-corrected chi connectivity index (χ1v) is 8.98. The zero-order valence-corrected chi connectivity index (χ0v) is 15.9. The van der Waals surface area contributed by atoms with Gasteiger partial charge in [0.1, 0.15) is 18.6 Å². The molecule has 0 atom stereocenters. The molecule has 0 radical (unpaired) electrons. The smallest absolute Gasteiger partial charge is 0.150 e. The van der Waals surface area contributed by atoms with Crippen LogP contribution in [0.2, 0.25) is 0 Å². The Hall–Kier alpha value is -1.91. The number of hydrogen-bond acceptors (Lipinski definition) is 2. The summed E-state index contributed by atoms with van der Waals surface area (Å²) in [6.45, 7) is 0.431. The minimum atomic E-state index is 0.431. The molecule has 0 aliphatic heterocycles. The normalized spacial score (nSPS) is 10.4. The van der Waals surface area contributed by atoms with Crippen LogP contribution in [0, 0.1) is 0 Å². The summed E-state index contributed by atoms with van der Waals surface area (Å²) < 4.78 is 7.69. The van der Waals surface area contributed by atoms with Crippen molar-refractivity contribution in [3.63, 3.8) is 0 Å². The van der Waals surface area contributed by atoms with Crippen LogP contribution in [0.25, 0.3) is 11.1 Å². The Kier molecular flexibility index (Phi) is 5.48. The molecule has 3 aromatic rings. The lowest BCUT2D eigenvalue weighted by Crippen LogP contribution is -1.98. The van der Waals surface area contributed by atoms with Crippen LogP contribution >= 0.6 is 31.9 Å². The first-order chi connectivity index (χ1) is 11.7. The van der Waals surface area contributed by atoms with E-state index in [-0.39, 0.29) is 0 Å². The van der Waals surface area contributed by atoms with Crippen LogP contribution in [0.4, 0.5) is 0 Å². The third-order valence-electron chi connectivity index (χ3n) is 3.64. The van der Waals surface area contributed by atoms with E-state index < -0.39 is 0 Å². The zero-order valence-electron chi connectivity index (χ0n) is 12.7. The summed E-state index contributed by atoms with van der Waals surface area (Å²) in [5.74, 6) is 0.706. The Morgan fingerprint density at radius 3 is 2.42 bits per heavy atom. The average molecular weight is 446 g/mol. The molecule has 0 bridgehead atoms. The molecule has 0 saturated carbocycles. The lowest BCUT2D eigenvalue weighted by molar-refractivity contribution is 0.112. The summed E-state index contributed by atoms with van der Waals surface area (Å²) in [5.41, 5.74) is 3.96. The first-order valence-electron chi connectivity index (χ1n) is 7.39. The highest BCUT2D eigenvalue weighted by Gasteiger charge is 2.09. The predicted molar refractivity (Wildman–Crippen MR) is 103 cm³/mol. The van der Waals surface area contributed by atoms with Gasteiger partial charge in [0.25, 0.3) is 0 Å². The summed E-state index contributed by atoms with van der Waals surface area (Å²) in [5, 5.41) is 0. The van der Waals surface area contributed by atoms with Crippen LogP contribution < -0.4 is 4.74 Å². The number of carbonyl (C=O) groups is 1. The molecule has 4 heteroatoms. The van der Waals surface area contributed by atoms with Crippen LogP contribution in [-0.4, -0.2) is 6.29 Å². The standard InChI is InChI=1S/C20H14Br2O2/c21-18-11-14(12-23)9-10-19(18)24-13-16-7-4-8-17(20(16)22)15-5-2-1-3-6-15/h1-12H,13H2. The number of carbonyl (C=O) groups excluding carboxylic acids is 1. The van der Waals surface area contributed by atoms with Crippen molar-refractivity contribution in [1.82, 2.24) is 0 Å². The Morgan fingerprint density at radius 1 is 0.917 bits per heavy atom. The van der Waals surface area contributed by atoms with Crippen LogP contribution in [-0.2, 0) is 6.61 Å². The van der Waals surface area contributed by atoms with Gasteiger partial charge < -0.3 is 4.74 Å². The molecular formula is C20H14Br2O2. The van der Waals surface area contributed by atoms with Gasteiger partial charge in [0.05, 0.1) is 4.47 Å². The van der Waals surface area contributed by atoms with E-state index in [4.69, 9.17) is 4.74 Å². The van der Waals surface area contributed by atoms with Crippen LogP contribution in [0.3, 0.4) is 0 Å². The molecule has 2 nitrogen and oxygen atoms in total. The van der Waals surface area contributed by atoms with Gasteiger partial charge in [0, 0.05) is 15.6 Å². The fraction of sp³-hybridized carbons (Fsp3) is 0.0500. The number of benzene rings is 3. The maximum Gasteiger partial charge on any atom is 0.150 e. The van der Waals surface area contributed by atoms with Gasteiger partial charge >= 0.3 is 0 Å². The van der Waals surface area contributed by atoms with Crippen molar-refractivity contribution in [2.24, 2.45) is 0 Å². The molecule has 0 saturated heterocycles. The summed E-state index contributed by atoms with van der Waals surface area (Å²) in [7, 11) is 0. The van der Waals surface area contributed by atoms with Gasteiger partial charge in [-0.1, -0.05) is 48.5 Å². The summed E-state index contributed by atoms with van der Waals surface area (Å²) in [6, 6.07) is 21.6. The Balaban J connectivity index is 1.83. The Bertz CT molecular complexity index is 861. The van der Waals surface area contributed by atoms with Crippen molar-refractivity contribution in [3.05, 3.63) is 86.8 Å². The second kappa shape index (κ2) is 7.77. The molecule has 0 heterocycles. The van der Waals surface area contributed by atoms with Crippen molar-refractivity contribution >= 4 is 38.1 Å². The van der Waals surface area contributed by atoms with Crippen molar-refractivity contribution in [1.29, 1.82) is 0 Å². The molecule has 0 aromatic heterocycles. The van der Waals surface area contributed by atoms with E-state index in [1.54, 1.807) is 18.2 Å². The van der Waals surface area contributed by atoms with E-state index >= 15 is 0 Å². The van der Waals surface area contributed by atoms with Crippen LogP contribution in [0.5, 0.6) is 5.75 Å². The first kappa shape index (κ1) is 16.9. The fourth-order valence-corrected chi connectivity index (χ4v) is 3.51. The molecule has 0 aliphatic carbocycles. The zero-order chi connectivity index (χ0) is 16.9. The molecule has 0 fully saturated rings. The van der Waals surface area contributed by atoms with Gasteiger partial charge in [-0.2, -0.15) is 0 Å². The predicted octanol–water partition coefficient (Wildman–Crippen LogP) is 6.27. The van der Waals surface area contributed by atoms with E-state index in [1.165, 1.54) is 0 Å². The topological polar surface area (TPSA) is 26.3 Å². The molecule has 3 aromatic carbocycles. The molecule has 0 amide bonds. The summed E-state index contributed by atoms with van der Waals surface area (Å²) in [6.07, 6.45) is 0.814. The molecule has 0 aliphatic rings. The van der Waals surface area contributed by atoms with Crippen molar-refractivity contribution < 1.29 is 9.53 Å². The molecule has 0 unspecified atom stereocenters. The SMILES string of the molecule is O=Cc1ccc(OCc2cccc(-c3ccccc3)c2Br)c(Br)c1. The highest BCUT2D eigenvalue weighted by atomic mass is 79.9. The molecule has 3 rings (SSSR count). The lowest BCUT2D eigenvalue weighted by atomic mass is 10.0. The Morgan fingerprint density at radius 2 is 1.71 bits per heavy atom. The molecule has 0 spiro atoms. The van der Waals surface area contributed by atoms with E-state index in [9.17, 15) is 4.79 Å².